The summed E-state index contributed by atoms with van der Waals surface area (Å²) in [6, 6.07) is 18.0. The number of nitrogens with one attached hydrogen (secondary N) is 1. The molecule has 3 aromatic carbocycles. The minimum Gasteiger partial charge on any atom is -0.354 e. The predicted molar refractivity (Wildman–Crippen MR) is 156 cm³/mol. The van der Waals surface area contributed by atoms with Crippen molar-refractivity contribution in [3.63, 3.8) is 0 Å². The quantitative estimate of drug-likeness (QED) is 0.282. The first-order valence-corrected chi connectivity index (χ1v) is 15.0. The number of nitrogens with zero attached hydrogens (tertiary/aromatic N) is 2. The molecule has 3 aromatic rings. The molecule has 0 aromatic heterocycles. The molecule has 0 aliphatic heterocycles. The van der Waals surface area contributed by atoms with Crippen molar-refractivity contribution in [2.75, 3.05) is 17.4 Å². The third-order valence-corrected chi connectivity index (χ3v) is 8.61. The molecule has 0 fully saturated rings. The number of anilines is 1. The fourth-order valence-electron chi connectivity index (χ4n) is 4.37. The highest BCUT2D eigenvalue weighted by Crippen LogP contribution is 2.25. The van der Waals surface area contributed by atoms with Crippen molar-refractivity contribution in [3.8, 4) is 0 Å². The summed E-state index contributed by atoms with van der Waals surface area (Å²) in [5.74, 6) is -1.35. The van der Waals surface area contributed by atoms with Gasteiger partial charge in [-0.3, -0.25) is 13.9 Å². The van der Waals surface area contributed by atoms with Gasteiger partial charge in [-0.15, -0.1) is 0 Å². The van der Waals surface area contributed by atoms with E-state index in [2.05, 4.69) is 5.32 Å². The number of hydrogen-bond donors (Lipinski definition) is 1. The average Bonchev–Trinajstić information content (AvgIpc) is 2.93. The fourth-order valence-corrected chi connectivity index (χ4v) is 5.78. The zero-order valence-corrected chi connectivity index (χ0v) is 24.4. The number of carbonyl (C=O) groups excluding carboxylic acids is 2. The fraction of sp³-hybridized carbons (Fsp3) is 0.355. The van der Waals surface area contributed by atoms with Crippen LogP contribution in [0.5, 0.6) is 0 Å². The molecule has 40 heavy (non-hydrogen) atoms. The van der Waals surface area contributed by atoms with E-state index in [9.17, 15) is 22.4 Å². The van der Waals surface area contributed by atoms with Crippen molar-refractivity contribution in [2.45, 2.75) is 64.4 Å². The van der Waals surface area contributed by atoms with Gasteiger partial charge in [0.2, 0.25) is 11.8 Å². The van der Waals surface area contributed by atoms with Gasteiger partial charge in [-0.05, 0) is 74.2 Å². The van der Waals surface area contributed by atoms with E-state index in [0.717, 1.165) is 46.0 Å². The number of hydrogen-bond acceptors (Lipinski definition) is 4. The smallest absolute Gasteiger partial charge is 0.264 e. The Balaban J connectivity index is 2.04. The number of carbonyl (C=O) groups is 2. The van der Waals surface area contributed by atoms with Gasteiger partial charge in [-0.25, -0.2) is 12.8 Å². The van der Waals surface area contributed by atoms with Gasteiger partial charge in [-0.2, -0.15) is 0 Å². The molecule has 7 nitrogen and oxygen atoms in total. The molecular weight excluding hydrogens is 529 g/mol. The van der Waals surface area contributed by atoms with Gasteiger partial charge in [0.05, 0.1) is 10.6 Å². The van der Waals surface area contributed by atoms with Crippen LogP contribution in [-0.2, 0) is 26.2 Å². The maximum Gasteiger partial charge on any atom is 0.264 e. The maximum atomic E-state index is 14.0. The van der Waals surface area contributed by atoms with Crippen LogP contribution in [0, 0.1) is 19.7 Å². The standard InChI is InChI=1S/C31H38FN3O4S/c1-5-7-20-33-31(37)29(6-2)34(21-25-11-9-8-10-24(25)4)30(36)22-35(27-16-14-26(32)15-17-27)40(38,39)28-18-12-23(3)13-19-28/h8-19,29H,5-7,20-22H2,1-4H3,(H,33,37). The molecule has 3 rings (SSSR count). The average molecular weight is 568 g/mol. The highest BCUT2D eigenvalue weighted by molar-refractivity contribution is 7.92. The topological polar surface area (TPSA) is 86.8 Å². The molecular formula is C31H38FN3O4S. The van der Waals surface area contributed by atoms with Crippen LogP contribution in [0.1, 0.15) is 49.8 Å². The summed E-state index contributed by atoms with van der Waals surface area (Å²) >= 11 is 0. The lowest BCUT2D eigenvalue weighted by molar-refractivity contribution is -0.140. The molecule has 0 saturated carbocycles. The van der Waals surface area contributed by atoms with Crippen LogP contribution >= 0.6 is 0 Å². The molecule has 9 heteroatoms. The molecule has 0 aliphatic carbocycles. The summed E-state index contributed by atoms with van der Waals surface area (Å²) in [5, 5.41) is 2.92. The lowest BCUT2D eigenvalue weighted by atomic mass is 10.1. The van der Waals surface area contributed by atoms with Crippen LogP contribution in [0.15, 0.2) is 77.7 Å². The van der Waals surface area contributed by atoms with E-state index in [1.807, 2.05) is 52.0 Å². The first kappa shape index (κ1) is 30.8. The maximum absolute atomic E-state index is 14.0. The molecule has 0 radical (unpaired) electrons. The van der Waals surface area contributed by atoms with E-state index < -0.39 is 34.3 Å². The molecule has 1 N–H and O–H groups in total. The van der Waals surface area contributed by atoms with Gasteiger partial charge in [0.15, 0.2) is 0 Å². The first-order chi connectivity index (χ1) is 19.1. The SMILES string of the molecule is CCCCNC(=O)C(CC)N(Cc1ccccc1C)C(=O)CN(c1ccc(F)cc1)S(=O)(=O)c1ccc(C)cc1. The van der Waals surface area contributed by atoms with Crippen LogP contribution in [0.25, 0.3) is 0 Å². The van der Waals surface area contributed by atoms with Crippen molar-refractivity contribution < 1.29 is 22.4 Å². The summed E-state index contributed by atoms with van der Waals surface area (Å²) in [7, 11) is -4.20. The Bertz CT molecular complexity index is 1390. The lowest BCUT2D eigenvalue weighted by Gasteiger charge is -2.33. The summed E-state index contributed by atoms with van der Waals surface area (Å²) in [5.41, 5.74) is 2.83. The second-order valence-electron chi connectivity index (χ2n) is 9.82. The number of benzene rings is 3. The Morgan fingerprint density at radius 1 is 0.925 bits per heavy atom. The molecule has 1 unspecified atom stereocenters. The van der Waals surface area contributed by atoms with E-state index in [1.54, 1.807) is 12.1 Å². The number of unbranched alkanes of at least 4 members (excludes halogenated alkanes) is 1. The summed E-state index contributed by atoms with van der Waals surface area (Å²) in [6.45, 7) is 7.67. The van der Waals surface area contributed by atoms with Crippen molar-refractivity contribution in [2.24, 2.45) is 0 Å². The second-order valence-corrected chi connectivity index (χ2v) is 11.7. The molecule has 0 saturated heterocycles. The van der Waals surface area contributed by atoms with Gasteiger partial charge in [0.25, 0.3) is 10.0 Å². The lowest BCUT2D eigenvalue weighted by Crippen LogP contribution is -2.52. The van der Waals surface area contributed by atoms with Crippen LogP contribution in [0.2, 0.25) is 0 Å². The molecule has 1 atom stereocenters. The Hall–Kier alpha value is -3.72. The van der Waals surface area contributed by atoms with Crippen LogP contribution in [-0.4, -0.2) is 44.3 Å². The zero-order chi connectivity index (χ0) is 29.3. The van der Waals surface area contributed by atoms with E-state index >= 15 is 0 Å². The van der Waals surface area contributed by atoms with Crippen molar-refractivity contribution in [1.29, 1.82) is 0 Å². The molecule has 214 valence electrons. The molecule has 0 aliphatic rings. The third kappa shape index (κ3) is 7.69. The van der Waals surface area contributed by atoms with Crippen LogP contribution in [0.4, 0.5) is 10.1 Å². The Morgan fingerprint density at radius 3 is 2.17 bits per heavy atom. The first-order valence-electron chi connectivity index (χ1n) is 13.5. The number of amides is 2. The zero-order valence-electron chi connectivity index (χ0n) is 23.6. The minimum atomic E-state index is -4.20. The molecule has 0 bridgehead atoms. The third-order valence-electron chi connectivity index (χ3n) is 6.82. The van der Waals surface area contributed by atoms with Crippen LogP contribution in [0.3, 0.4) is 0 Å². The molecule has 0 spiro atoms. The van der Waals surface area contributed by atoms with E-state index in [4.69, 9.17) is 0 Å². The molecule has 2 amide bonds. The number of aryl methyl sites for hydroxylation is 2. The highest BCUT2D eigenvalue weighted by atomic mass is 32.2. The number of halogens is 1. The van der Waals surface area contributed by atoms with Crippen molar-refractivity contribution in [1.82, 2.24) is 10.2 Å². The molecule has 0 heterocycles. The van der Waals surface area contributed by atoms with E-state index in [-0.39, 0.29) is 23.0 Å². The Kier molecular flexibility index (Phi) is 10.8. The highest BCUT2D eigenvalue weighted by Gasteiger charge is 2.33. The largest absolute Gasteiger partial charge is 0.354 e. The number of sulfonamides is 1. The predicted octanol–water partition coefficient (Wildman–Crippen LogP) is 5.36. The van der Waals surface area contributed by atoms with Crippen molar-refractivity contribution in [3.05, 3.63) is 95.3 Å². The second kappa shape index (κ2) is 14.1. The Morgan fingerprint density at radius 2 is 1.57 bits per heavy atom. The Labute approximate surface area is 237 Å². The monoisotopic (exact) mass is 567 g/mol. The van der Waals surface area contributed by atoms with Gasteiger partial charge in [-0.1, -0.05) is 62.2 Å². The van der Waals surface area contributed by atoms with Crippen LogP contribution < -0.4 is 9.62 Å². The van der Waals surface area contributed by atoms with E-state index in [0.29, 0.717) is 13.0 Å². The van der Waals surface area contributed by atoms with Gasteiger partial charge in [0.1, 0.15) is 18.4 Å². The minimum absolute atomic E-state index is 0.00466. The van der Waals surface area contributed by atoms with Crippen molar-refractivity contribution >= 4 is 27.5 Å². The number of rotatable bonds is 13. The van der Waals surface area contributed by atoms with Gasteiger partial charge < -0.3 is 10.2 Å². The summed E-state index contributed by atoms with van der Waals surface area (Å²) in [4.78, 5) is 28.7. The normalized spacial score (nSPS) is 12.0. The van der Waals surface area contributed by atoms with E-state index in [1.165, 1.54) is 29.2 Å². The summed E-state index contributed by atoms with van der Waals surface area (Å²) < 4.78 is 42.4. The van der Waals surface area contributed by atoms with Gasteiger partial charge >= 0.3 is 0 Å². The van der Waals surface area contributed by atoms with Gasteiger partial charge in [0, 0.05) is 13.1 Å². The summed E-state index contributed by atoms with van der Waals surface area (Å²) in [6.07, 6.45) is 2.06.